The molecule has 0 atom stereocenters. The van der Waals surface area contributed by atoms with Crippen LogP contribution < -0.4 is 15.5 Å². The highest BCUT2D eigenvalue weighted by Gasteiger charge is 2.51. The van der Waals surface area contributed by atoms with E-state index < -0.39 is 23.4 Å². The van der Waals surface area contributed by atoms with Crippen LogP contribution in [0.3, 0.4) is 0 Å². The monoisotopic (exact) mass is 373 g/mol. The number of piperazine rings is 1. The number of nitrogens with zero attached hydrogens (tertiary/aromatic N) is 3. The normalized spacial score (nSPS) is 18.8. The fourth-order valence-electron chi connectivity index (χ4n) is 3.61. The minimum Gasteiger partial charge on any atom is -0.306 e. The smallest absolute Gasteiger partial charge is 0.306 e. The lowest BCUT2D eigenvalue weighted by Crippen LogP contribution is -2.69. The van der Waals surface area contributed by atoms with Gasteiger partial charge in [0.25, 0.3) is 5.91 Å². The number of carbonyl (C=O) groups excluding carboxylic acids is 4. The SMILES string of the molecule is CC(=O)N(C)c1ccc(NC(=O)N2CC(=O)NC(=O)C23CCCCC3)cn1. The van der Waals surface area contributed by atoms with Gasteiger partial charge >= 0.3 is 6.03 Å². The number of anilines is 2. The Hall–Kier alpha value is -2.97. The molecule has 27 heavy (non-hydrogen) atoms. The van der Waals surface area contributed by atoms with E-state index in [2.05, 4.69) is 15.6 Å². The van der Waals surface area contributed by atoms with E-state index in [1.54, 1.807) is 19.2 Å². The first-order valence-electron chi connectivity index (χ1n) is 8.97. The van der Waals surface area contributed by atoms with Crippen LogP contribution in [0, 0.1) is 0 Å². The third-order valence-electron chi connectivity index (χ3n) is 5.24. The molecule has 1 spiro atoms. The molecule has 0 unspecified atom stereocenters. The van der Waals surface area contributed by atoms with Crippen molar-refractivity contribution in [2.45, 2.75) is 44.6 Å². The maximum Gasteiger partial charge on any atom is 0.323 e. The lowest BCUT2D eigenvalue weighted by Gasteiger charge is -2.46. The van der Waals surface area contributed by atoms with Gasteiger partial charge < -0.3 is 15.1 Å². The molecular weight excluding hydrogens is 350 g/mol. The van der Waals surface area contributed by atoms with Crippen LogP contribution in [0.2, 0.25) is 0 Å². The maximum atomic E-state index is 12.8. The molecule has 2 fully saturated rings. The molecule has 0 aromatic carbocycles. The summed E-state index contributed by atoms with van der Waals surface area (Å²) in [7, 11) is 1.60. The second kappa shape index (κ2) is 7.34. The molecule has 1 saturated heterocycles. The predicted molar refractivity (Wildman–Crippen MR) is 98.0 cm³/mol. The number of hydrogen-bond acceptors (Lipinski definition) is 5. The number of amides is 5. The topological polar surface area (TPSA) is 112 Å². The number of pyridine rings is 1. The molecule has 3 rings (SSSR count). The molecule has 1 saturated carbocycles. The molecule has 1 aliphatic heterocycles. The van der Waals surface area contributed by atoms with Gasteiger partial charge in [-0.2, -0.15) is 0 Å². The highest BCUT2D eigenvalue weighted by molar-refractivity contribution is 6.08. The molecule has 2 heterocycles. The quantitative estimate of drug-likeness (QED) is 0.758. The zero-order chi connectivity index (χ0) is 19.6. The predicted octanol–water partition coefficient (Wildman–Crippen LogP) is 1.26. The zero-order valence-corrected chi connectivity index (χ0v) is 15.4. The summed E-state index contributed by atoms with van der Waals surface area (Å²) in [6.45, 7) is 1.27. The van der Waals surface area contributed by atoms with Crippen molar-refractivity contribution in [2.75, 3.05) is 23.8 Å². The average molecular weight is 373 g/mol. The van der Waals surface area contributed by atoms with Crippen LogP contribution in [0.1, 0.15) is 39.0 Å². The van der Waals surface area contributed by atoms with Crippen LogP contribution in [0.5, 0.6) is 0 Å². The summed E-state index contributed by atoms with van der Waals surface area (Å²) < 4.78 is 0. The number of hydrogen-bond donors (Lipinski definition) is 2. The van der Waals surface area contributed by atoms with Crippen molar-refractivity contribution in [3.8, 4) is 0 Å². The maximum absolute atomic E-state index is 12.8. The van der Waals surface area contributed by atoms with Gasteiger partial charge in [0.1, 0.15) is 17.9 Å². The Morgan fingerprint density at radius 2 is 1.93 bits per heavy atom. The third-order valence-corrected chi connectivity index (χ3v) is 5.24. The molecular formula is C18H23N5O4. The Balaban J connectivity index is 1.78. The van der Waals surface area contributed by atoms with E-state index in [4.69, 9.17) is 0 Å². The molecule has 1 aromatic rings. The standard InChI is InChI=1S/C18H23N5O4/c1-12(24)22(2)14-7-6-13(10-19-14)20-17(27)23-11-15(25)21-16(26)18(23)8-4-3-5-9-18/h6-7,10H,3-5,8-9,11H2,1-2H3,(H,20,27)(H,21,25,26). The van der Waals surface area contributed by atoms with Crippen molar-refractivity contribution in [3.05, 3.63) is 18.3 Å². The molecule has 0 bridgehead atoms. The Morgan fingerprint density at radius 1 is 1.22 bits per heavy atom. The van der Waals surface area contributed by atoms with Crippen molar-refractivity contribution >= 4 is 35.3 Å². The lowest BCUT2D eigenvalue weighted by molar-refractivity contribution is -0.146. The highest BCUT2D eigenvalue weighted by Crippen LogP contribution is 2.36. The molecule has 0 radical (unpaired) electrons. The van der Waals surface area contributed by atoms with Gasteiger partial charge in [-0.1, -0.05) is 19.3 Å². The fraction of sp³-hybridized carbons (Fsp3) is 0.500. The van der Waals surface area contributed by atoms with Crippen LogP contribution in [0.25, 0.3) is 0 Å². The van der Waals surface area contributed by atoms with Gasteiger partial charge in [0.2, 0.25) is 11.8 Å². The summed E-state index contributed by atoms with van der Waals surface area (Å²) in [5, 5.41) is 5.08. The number of imide groups is 1. The summed E-state index contributed by atoms with van der Waals surface area (Å²) in [5.74, 6) is -0.582. The largest absolute Gasteiger partial charge is 0.323 e. The highest BCUT2D eigenvalue weighted by atomic mass is 16.2. The molecule has 2 N–H and O–H groups in total. The minimum atomic E-state index is -0.974. The van der Waals surface area contributed by atoms with Crippen LogP contribution in [-0.2, 0) is 14.4 Å². The average Bonchev–Trinajstić information content (AvgIpc) is 2.65. The third kappa shape index (κ3) is 3.62. The van der Waals surface area contributed by atoms with Crippen LogP contribution >= 0.6 is 0 Å². The van der Waals surface area contributed by atoms with Crippen LogP contribution in [0.4, 0.5) is 16.3 Å². The molecule has 1 aliphatic carbocycles. The van der Waals surface area contributed by atoms with E-state index in [9.17, 15) is 19.2 Å². The van der Waals surface area contributed by atoms with E-state index >= 15 is 0 Å². The van der Waals surface area contributed by atoms with Crippen molar-refractivity contribution < 1.29 is 19.2 Å². The van der Waals surface area contributed by atoms with Gasteiger partial charge in [0, 0.05) is 14.0 Å². The second-order valence-corrected chi connectivity index (χ2v) is 6.97. The number of aromatic nitrogens is 1. The fourth-order valence-corrected chi connectivity index (χ4v) is 3.61. The first-order chi connectivity index (χ1) is 12.8. The summed E-state index contributed by atoms with van der Waals surface area (Å²) in [5.41, 5.74) is -0.552. The van der Waals surface area contributed by atoms with Gasteiger partial charge in [-0.05, 0) is 25.0 Å². The van der Waals surface area contributed by atoms with Gasteiger partial charge in [0.15, 0.2) is 0 Å². The lowest BCUT2D eigenvalue weighted by atomic mass is 9.78. The first-order valence-corrected chi connectivity index (χ1v) is 8.97. The Morgan fingerprint density at radius 3 is 2.52 bits per heavy atom. The molecule has 144 valence electrons. The zero-order valence-electron chi connectivity index (χ0n) is 15.4. The van der Waals surface area contributed by atoms with Crippen LogP contribution in [-0.4, -0.2) is 52.8 Å². The van der Waals surface area contributed by atoms with Crippen molar-refractivity contribution in [1.29, 1.82) is 0 Å². The number of nitrogens with one attached hydrogen (secondary N) is 2. The van der Waals surface area contributed by atoms with Gasteiger partial charge in [-0.25, -0.2) is 9.78 Å². The van der Waals surface area contributed by atoms with E-state index in [-0.39, 0.29) is 12.5 Å². The number of rotatable bonds is 2. The van der Waals surface area contributed by atoms with E-state index in [0.717, 1.165) is 19.3 Å². The summed E-state index contributed by atoms with van der Waals surface area (Å²) in [6, 6.07) is 2.73. The van der Waals surface area contributed by atoms with E-state index in [1.165, 1.54) is 22.9 Å². The van der Waals surface area contributed by atoms with Crippen molar-refractivity contribution in [2.24, 2.45) is 0 Å². The van der Waals surface area contributed by atoms with Gasteiger partial charge in [-0.3, -0.25) is 19.7 Å². The summed E-state index contributed by atoms with van der Waals surface area (Å²) in [6.07, 6.45) is 5.19. The Kier molecular flexibility index (Phi) is 5.11. The minimum absolute atomic E-state index is 0.156. The molecule has 9 heteroatoms. The first kappa shape index (κ1) is 18.8. The Bertz CT molecular complexity index is 770. The Labute approximate surface area is 157 Å². The van der Waals surface area contributed by atoms with Gasteiger partial charge in [-0.15, -0.1) is 0 Å². The van der Waals surface area contributed by atoms with Crippen LogP contribution in [0.15, 0.2) is 18.3 Å². The molecule has 1 aromatic heterocycles. The van der Waals surface area contributed by atoms with Gasteiger partial charge in [0.05, 0.1) is 11.9 Å². The van der Waals surface area contributed by atoms with Crippen molar-refractivity contribution in [1.82, 2.24) is 15.2 Å². The molecule has 9 nitrogen and oxygen atoms in total. The molecule has 5 amide bonds. The number of carbonyl (C=O) groups is 4. The van der Waals surface area contributed by atoms with E-state index in [1.807, 2.05) is 0 Å². The van der Waals surface area contributed by atoms with E-state index in [0.29, 0.717) is 24.3 Å². The summed E-state index contributed by atoms with van der Waals surface area (Å²) in [4.78, 5) is 55.5. The summed E-state index contributed by atoms with van der Waals surface area (Å²) >= 11 is 0. The van der Waals surface area contributed by atoms with Crippen molar-refractivity contribution in [3.63, 3.8) is 0 Å². The number of urea groups is 1. The second-order valence-electron chi connectivity index (χ2n) is 6.97. The molecule has 2 aliphatic rings.